The molecule has 2 aromatic carbocycles. The van der Waals surface area contributed by atoms with Crippen LogP contribution in [0.1, 0.15) is 36.0 Å². The van der Waals surface area contributed by atoms with E-state index in [4.69, 9.17) is 11.6 Å². The summed E-state index contributed by atoms with van der Waals surface area (Å²) in [5.74, 6) is 0.364. The third kappa shape index (κ3) is 9.69. The van der Waals surface area contributed by atoms with Gasteiger partial charge in [-0.05, 0) is 68.4 Å². The summed E-state index contributed by atoms with van der Waals surface area (Å²) in [7, 11) is -0.498. The van der Waals surface area contributed by atoms with E-state index in [1.165, 1.54) is 0 Å². The van der Waals surface area contributed by atoms with Gasteiger partial charge in [-0.1, -0.05) is 11.6 Å². The average Bonchev–Trinajstić information content (AvgIpc) is 2.94. The van der Waals surface area contributed by atoms with Crippen molar-refractivity contribution in [1.82, 2.24) is 15.1 Å². The lowest BCUT2D eigenvalue weighted by Gasteiger charge is -2.41. The van der Waals surface area contributed by atoms with Crippen LogP contribution in [0.2, 0.25) is 5.02 Å². The standard InChI is InChI=1S/C29H40ClN5O5S/c1-33(14-15-34-16-18-41(39,40)19-17-34)21-25(20-27(36)31-24-9-7-23(30)8-10-24)32-29(38)22-5-11-26(12-6-22)35-13-3-2-4-28(35)37/h5-12,25,39-40H,2-4,13-21H2,1H3,(H,31,36)(H,32,38). The molecule has 0 saturated carbocycles. The lowest BCUT2D eigenvalue weighted by Crippen LogP contribution is -2.47. The first-order valence-corrected chi connectivity index (χ1v) is 16.3. The quantitative estimate of drug-likeness (QED) is 0.305. The maximum absolute atomic E-state index is 13.2. The Balaban J connectivity index is 1.37. The van der Waals surface area contributed by atoms with E-state index in [0.29, 0.717) is 66.9 Å². The number of piperidine rings is 1. The molecule has 4 N–H and O–H groups in total. The molecule has 0 aliphatic carbocycles. The Morgan fingerprint density at radius 3 is 2.37 bits per heavy atom. The average molecular weight is 606 g/mol. The van der Waals surface area contributed by atoms with Crippen LogP contribution in [0.3, 0.4) is 0 Å². The summed E-state index contributed by atoms with van der Waals surface area (Å²) in [6, 6.07) is 13.4. The first-order chi connectivity index (χ1) is 19.6. The fourth-order valence-electron chi connectivity index (χ4n) is 5.04. The Hall–Kier alpha value is -2.67. The van der Waals surface area contributed by atoms with Gasteiger partial charge in [0.2, 0.25) is 11.8 Å². The Kier molecular flexibility index (Phi) is 11.0. The number of nitrogens with zero attached hydrogens (tertiary/aromatic N) is 3. The molecule has 0 bridgehead atoms. The normalized spacial score (nSPS) is 19.0. The lowest BCUT2D eigenvalue weighted by molar-refractivity contribution is -0.119. The van der Waals surface area contributed by atoms with Gasteiger partial charge in [0.15, 0.2) is 0 Å². The minimum absolute atomic E-state index is 0.0731. The zero-order valence-electron chi connectivity index (χ0n) is 23.4. The maximum Gasteiger partial charge on any atom is 0.251 e. The van der Waals surface area contributed by atoms with Gasteiger partial charge in [0.1, 0.15) is 0 Å². The second kappa shape index (κ2) is 14.5. The molecule has 2 aliphatic heterocycles. The number of nitrogens with one attached hydrogen (secondary N) is 2. The van der Waals surface area contributed by atoms with Crippen LogP contribution in [0.4, 0.5) is 11.4 Å². The van der Waals surface area contributed by atoms with E-state index in [-0.39, 0.29) is 24.1 Å². The van der Waals surface area contributed by atoms with Crippen molar-refractivity contribution in [2.45, 2.75) is 31.7 Å². The van der Waals surface area contributed by atoms with Crippen molar-refractivity contribution in [3.05, 3.63) is 59.1 Å². The maximum atomic E-state index is 13.2. The van der Waals surface area contributed by atoms with E-state index >= 15 is 0 Å². The molecular formula is C29H40ClN5O5S. The topological polar surface area (TPSA) is 125 Å². The van der Waals surface area contributed by atoms with Crippen LogP contribution in [0.25, 0.3) is 0 Å². The minimum atomic E-state index is -2.44. The number of carbonyl (C=O) groups excluding carboxylic acids is 3. The summed E-state index contributed by atoms with van der Waals surface area (Å²) in [5.41, 5.74) is 1.86. The number of anilines is 2. The van der Waals surface area contributed by atoms with Crippen LogP contribution >= 0.6 is 22.2 Å². The predicted octanol–water partition coefficient (Wildman–Crippen LogP) is 3.98. The van der Waals surface area contributed by atoms with Gasteiger partial charge in [-0.2, -0.15) is 10.6 Å². The molecule has 0 aromatic heterocycles. The van der Waals surface area contributed by atoms with E-state index in [9.17, 15) is 23.5 Å². The van der Waals surface area contributed by atoms with Crippen molar-refractivity contribution < 1.29 is 23.5 Å². The van der Waals surface area contributed by atoms with Gasteiger partial charge in [0.05, 0.1) is 17.5 Å². The van der Waals surface area contributed by atoms with Crippen molar-refractivity contribution in [3.8, 4) is 0 Å². The number of likely N-dealkylation sites (N-methyl/N-ethyl adjacent to an activating group) is 1. The highest BCUT2D eigenvalue weighted by Crippen LogP contribution is 2.40. The highest BCUT2D eigenvalue weighted by Gasteiger charge is 2.24. The molecule has 12 heteroatoms. The number of halogens is 1. The molecule has 2 saturated heterocycles. The van der Waals surface area contributed by atoms with Crippen LogP contribution < -0.4 is 15.5 Å². The number of carbonyl (C=O) groups is 3. The van der Waals surface area contributed by atoms with Crippen LogP contribution in [0.15, 0.2) is 48.5 Å². The fourth-order valence-corrected chi connectivity index (χ4v) is 6.47. The van der Waals surface area contributed by atoms with E-state index in [1.807, 2.05) is 7.05 Å². The Bertz CT molecular complexity index is 1190. The number of hydrogen-bond donors (Lipinski definition) is 4. The number of hydrogen-bond acceptors (Lipinski definition) is 7. The highest BCUT2D eigenvalue weighted by molar-refractivity contribution is 8.24. The molecule has 10 nitrogen and oxygen atoms in total. The Morgan fingerprint density at radius 1 is 1.02 bits per heavy atom. The van der Waals surface area contributed by atoms with Gasteiger partial charge in [0, 0.05) is 74.1 Å². The fraction of sp³-hybridized carbons (Fsp3) is 0.483. The lowest BCUT2D eigenvalue weighted by atomic mass is 10.1. The Labute approximate surface area is 248 Å². The molecule has 2 aliphatic rings. The molecule has 2 fully saturated rings. The predicted molar refractivity (Wildman–Crippen MR) is 165 cm³/mol. The zero-order valence-corrected chi connectivity index (χ0v) is 25.0. The minimum Gasteiger partial charge on any atom is -0.347 e. The molecule has 0 spiro atoms. The van der Waals surface area contributed by atoms with Gasteiger partial charge in [-0.25, -0.2) is 0 Å². The molecule has 1 atom stereocenters. The highest BCUT2D eigenvalue weighted by atomic mass is 35.5. The van der Waals surface area contributed by atoms with E-state index in [2.05, 4.69) is 20.4 Å². The van der Waals surface area contributed by atoms with Gasteiger partial charge in [-0.3, -0.25) is 28.4 Å². The summed E-state index contributed by atoms with van der Waals surface area (Å²) in [6.07, 6.45) is 2.48. The smallest absolute Gasteiger partial charge is 0.251 e. The molecule has 3 amide bonds. The number of benzene rings is 2. The van der Waals surface area contributed by atoms with Gasteiger partial charge in [-0.15, -0.1) is 0 Å². The monoisotopic (exact) mass is 605 g/mol. The van der Waals surface area contributed by atoms with Crippen molar-refractivity contribution in [2.24, 2.45) is 0 Å². The number of rotatable bonds is 11. The molecule has 2 heterocycles. The number of amides is 3. The van der Waals surface area contributed by atoms with Gasteiger partial charge in [0.25, 0.3) is 5.91 Å². The van der Waals surface area contributed by atoms with Gasteiger partial charge < -0.3 is 20.4 Å². The summed E-state index contributed by atoms with van der Waals surface area (Å²) in [5, 5.41) is 6.47. The first kappa shape index (κ1) is 31.3. The van der Waals surface area contributed by atoms with E-state index < -0.39 is 16.6 Å². The van der Waals surface area contributed by atoms with Crippen LogP contribution in [-0.2, 0) is 9.59 Å². The summed E-state index contributed by atoms with van der Waals surface area (Å²) in [4.78, 5) is 44.4. The first-order valence-electron chi connectivity index (χ1n) is 14.0. The molecular weight excluding hydrogens is 566 g/mol. The summed E-state index contributed by atoms with van der Waals surface area (Å²) < 4.78 is 19.7. The summed E-state index contributed by atoms with van der Waals surface area (Å²) >= 11 is 5.95. The third-order valence-corrected chi connectivity index (χ3v) is 9.38. The Morgan fingerprint density at radius 2 is 1.71 bits per heavy atom. The molecule has 4 rings (SSSR count). The zero-order chi connectivity index (χ0) is 29.4. The van der Waals surface area contributed by atoms with Crippen molar-refractivity contribution in [2.75, 3.05) is 68.0 Å². The van der Waals surface area contributed by atoms with Crippen molar-refractivity contribution in [1.29, 1.82) is 0 Å². The molecule has 0 radical (unpaired) electrons. The third-order valence-electron chi connectivity index (χ3n) is 7.46. The van der Waals surface area contributed by atoms with E-state index in [0.717, 1.165) is 25.1 Å². The second-order valence-electron chi connectivity index (χ2n) is 10.8. The largest absolute Gasteiger partial charge is 0.347 e. The van der Waals surface area contributed by atoms with E-state index in [1.54, 1.807) is 53.4 Å². The molecule has 224 valence electrons. The second-order valence-corrected chi connectivity index (χ2v) is 13.7. The van der Waals surface area contributed by atoms with Crippen LogP contribution in [-0.4, -0.2) is 100 Å². The molecule has 41 heavy (non-hydrogen) atoms. The van der Waals surface area contributed by atoms with Crippen LogP contribution in [0, 0.1) is 0 Å². The van der Waals surface area contributed by atoms with Crippen molar-refractivity contribution >= 4 is 51.3 Å². The van der Waals surface area contributed by atoms with Crippen molar-refractivity contribution in [3.63, 3.8) is 0 Å². The summed E-state index contributed by atoms with van der Waals surface area (Å²) in [6.45, 7) is 3.85. The molecule has 1 unspecified atom stereocenters. The van der Waals surface area contributed by atoms with Crippen LogP contribution in [0.5, 0.6) is 0 Å². The molecule has 2 aromatic rings. The SMILES string of the molecule is CN(CCN1CCS(O)(O)CC1)CC(CC(=O)Nc1ccc(Cl)cc1)NC(=O)c1ccc(N2CCCCC2=O)cc1. The van der Waals surface area contributed by atoms with Gasteiger partial charge >= 0.3 is 0 Å².